The van der Waals surface area contributed by atoms with E-state index in [2.05, 4.69) is 42.2 Å². The number of carbonyl (C=O) groups is 2. The highest BCUT2D eigenvalue weighted by atomic mass is 16.6. The van der Waals surface area contributed by atoms with Crippen LogP contribution in [0, 0.1) is 25.7 Å². The van der Waals surface area contributed by atoms with Crippen molar-refractivity contribution >= 4 is 39.6 Å². The summed E-state index contributed by atoms with van der Waals surface area (Å²) in [7, 11) is 3.35. The number of hydrogen-bond donors (Lipinski definition) is 1. The number of benzene rings is 1. The van der Waals surface area contributed by atoms with Crippen molar-refractivity contribution in [3.63, 3.8) is 0 Å². The van der Waals surface area contributed by atoms with Gasteiger partial charge in [-0.15, -0.1) is 0 Å². The topological polar surface area (TPSA) is 128 Å². The quantitative estimate of drug-likeness (QED) is 0.274. The number of ether oxygens (including phenoxy) is 1. The zero-order valence-electron chi connectivity index (χ0n) is 26.1. The van der Waals surface area contributed by atoms with Gasteiger partial charge in [0.25, 0.3) is 0 Å². The second-order valence-corrected chi connectivity index (χ2v) is 11.6. The van der Waals surface area contributed by atoms with Gasteiger partial charge in [-0.1, -0.05) is 12.0 Å². The largest absolute Gasteiger partial charge is 0.444 e. The van der Waals surface area contributed by atoms with E-state index in [1.807, 2.05) is 51.2 Å². The molecular weight excluding hydrogens is 556 g/mol. The summed E-state index contributed by atoms with van der Waals surface area (Å²) >= 11 is 0. The number of pyridine rings is 2. The molecule has 1 aromatic carbocycles. The molecule has 44 heavy (non-hydrogen) atoms. The van der Waals surface area contributed by atoms with Crippen molar-refractivity contribution < 1.29 is 15.8 Å². The van der Waals surface area contributed by atoms with Crippen LogP contribution in [0.2, 0.25) is 0 Å². The lowest BCUT2D eigenvalue weighted by molar-refractivity contribution is -0.120. The predicted molar refractivity (Wildman–Crippen MR) is 171 cm³/mol. The number of anilines is 1. The van der Waals surface area contributed by atoms with E-state index in [1.165, 1.54) is 18.3 Å². The van der Waals surface area contributed by atoms with Crippen LogP contribution in [0.1, 0.15) is 51.8 Å². The Hall–Kier alpha value is -5.37. The Bertz CT molecular complexity index is 1990. The Labute approximate surface area is 257 Å². The molecule has 226 valence electrons. The second-order valence-electron chi connectivity index (χ2n) is 11.6. The lowest BCUT2D eigenvalue weighted by Crippen LogP contribution is -2.45. The Morgan fingerprint density at radius 3 is 2.57 bits per heavy atom. The molecule has 0 saturated carbocycles. The van der Waals surface area contributed by atoms with E-state index >= 15 is 0 Å². The van der Waals surface area contributed by atoms with Crippen LogP contribution in [0.5, 0.6) is 0 Å². The average molecular weight is 593 g/mol. The smallest absolute Gasteiger partial charge is 0.410 e. The molecule has 4 aromatic heterocycles. The Kier molecular flexibility index (Phi) is 8.02. The van der Waals surface area contributed by atoms with Crippen molar-refractivity contribution in [3.8, 4) is 23.1 Å². The summed E-state index contributed by atoms with van der Waals surface area (Å²) in [5.74, 6) is 6.16. The summed E-state index contributed by atoms with van der Waals surface area (Å²) < 4.78 is 7.16. The van der Waals surface area contributed by atoms with Gasteiger partial charge in [0, 0.05) is 43.9 Å². The first-order valence-electron chi connectivity index (χ1n) is 14.1. The van der Waals surface area contributed by atoms with E-state index < -0.39 is 23.6 Å². The van der Waals surface area contributed by atoms with Crippen LogP contribution in [-0.2, 0) is 16.6 Å². The zero-order valence-corrected chi connectivity index (χ0v) is 26.1. The summed E-state index contributed by atoms with van der Waals surface area (Å²) in [5.41, 5.74) is 5.00. The van der Waals surface area contributed by atoms with Crippen LogP contribution in [-0.4, -0.2) is 65.3 Å². The lowest BCUT2D eigenvalue weighted by Gasteiger charge is -2.28. The fraction of sp³-hybridized carbons (Fsp3) is 0.303. The molecule has 1 unspecified atom stereocenters. The SMILES string of the molecule is Cc1nccc2cc(C#Cc3cc(-c4ncnc5c(C)nn(C)c45)cc(NC(=O)C(C)N(C)C(=O)OC(C)(C)C)n3)ccc12.[HH]. The summed E-state index contributed by atoms with van der Waals surface area (Å²) in [6.07, 6.45) is 2.66. The van der Waals surface area contributed by atoms with E-state index in [1.54, 1.807) is 44.6 Å². The molecule has 2 amide bonds. The van der Waals surface area contributed by atoms with Crippen LogP contribution >= 0.6 is 0 Å². The minimum Gasteiger partial charge on any atom is -0.444 e. The Balaban J connectivity index is 0.00000461. The van der Waals surface area contributed by atoms with Gasteiger partial charge < -0.3 is 10.1 Å². The zero-order chi connectivity index (χ0) is 31.8. The van der Waals surface area contributed by atoms with Gasteiger partial charge in [-0.3, -0.25) is 19.4 Å². The van der Waals surface area contributed by atoms with Crippen molar-refractivity contribution in [2.45, 2.75) is 53.2 Å². The predicted octanol–water partition coefficient (Wildman–Crippen LogP) is 5.43. The van der Waals surface area contributed by atoms with E-state index in [0.29, 0.717) is 17.0 Å². The first-order valence-corrected chi connectivity index (χ1v) is 14.1. The number of fused-ring (bicyclic) bond motifs is 2. The summed E-state index contributed by atoms with van der Waals surface area (Å²) in [6, 6.07) is 10.6. The van der Waals surface area contributed by atoms with E-state index in [-0.39, 0.29) is 7.24 Å². The van der Waals surface area contributed by atoms with E-state index in [0.717, 1.165) is 38.8 Å². The van der Waals surface area contributed by atoms with Gasteiger partial charge in [-0.25, -0.2) is 19.7 Å². The van der Waals surface area contributed by atoms with Crippen molar-refractivity contribution in [2.75, 3.05) is 12.4 Å². The van der Waals surface area contributed by atoms with Crippen LogP contribution < -0.4 is 5.32 Å². The molecule has 0 aliphatic rings. The van der Waals surface area contributed by atoms with Gasteiger partial charge in [0.15, 0.2) is 0 Å². The van der Waals surface area contributed by atoms with Crippen LogP contribution in [0.15, 0.2) is 48.9 Å². The van der Waals surface area contributed by atoms with Crippen molar-refractivity contribution in [1.29, 1.82) is 0 Å². The number of amides is 2. The number of hydrogen-bond acceptors (Lipinski definition) is 8. The van der Waals surface area contributed by atoms with Crippen molar-refractivity contribution in [1.82, 2.24) is 34.6 Å². The van der Waals surface area contributed by atoms with E-state index in [4.69, 9.17) is 4.74 Å². The molecule has 1 N–H and O–H groups in total. The standard InChI is InChI=1S/C33H34N8O3.H2/c1-19-26-12-10-22(15-23(26)13-14-34-19)9-11-25-16-24(29-30-28(35-18-36-29)20(2)39-41(30)8)17-27(37-25)38-31(42)21(3)40(7)32(43)44-33(4,5)6;/h10,12-18,21H,1-8H3,(H,37,38,42);1H. The molecule has 0 spiro atoms. The third kappa shape index (κ3) is 6.34. The van der Waals surface area contributed by atoms with Gasteiger partial charge in [-0.05, 0) is 83.2 Å². The summed E-state index contributed by atoms with van der Waals surface area (Å²) in [4.78, 5) is 45.1. The molecule has 11 nitrogen and oxygen atoms in total. The molecule has 0 radical (unpaired) electrons. The second kappa shape index (κ2) is 11.7. The lowest BCUT2D eigenvalue weighted by atomic mass is 10.1. The number of likely N-dealkylation sites (N-methyl/N-ethyl adjacent to an activating group) is 1. The minimum atomic E-state index is -0.842. The highest BCUT2D eigenvalue weighted by molar-refractivity contribution is 5.97. The number of aryl methyl sites for hydroxylation is 3. The van der Waals surface area contributed by atoms with Gasteiger partial charge in [0.2, 0.25) is 5.91 Å². The van der Waals surface area contributed by atoms with Crippen LogP contribution in [0.25, 0.3) is 33.1 Å². The molecule has 0 aliphatic heterocycles. The molecule has 0 bridgehead atoms. The summed E-state index contributed by atoms with van der Waals surface area (Å²) in [6.45, 7) is 10.8. The molecule has 4 heterocycles. The third-order valence-corrected chi connectivity index (χ3v) is 7.08. The molecule has 1 atom stereocenters. The van der Waals surface area contributed by atoms with Gasteiger partial charge in [0.1, 0.15) is 40.5 Å². The molecule has 0 aliphatic carbocycles. The molecule has 0 saturated heterocycles. The van der Waals surface area contributed by atoms with Crippen LogP contribution in [0.4, 0.5) is 10.6 Å². The number of rotatable bonds is 4. The van der Waals surface area contributed by atoms with Gasteiger partial charge in [0.05, 0.1) is 11.4 Å². The van der Waals surface area contributed by atoms with Crippen LogP contribution in [0.3, 0.4) is 0 Å². The van der Waals surface area contributed by atoms with Crippen molar-refractivity contribution in [2.24, 2.45) is 7.05 Å². The number of carbonyl (C=O) groups excluding carboxylic acids is 2. The van der Waals surface area contributed by atoms with Gasteiger partial charge in [-0.2, -0.15) is 5.10 Å². The molecular formula is C33H36N8O3. The number of aromatic nitrogens is 6. The third-order valence-electron chi connectivity index (χ3n) is 7.08. The van der Waals surface area contributed by atoms with Crippen molar-refractivity contribution in [3.05, 3.63) is 71.6 Å². The van der Waals surface area contributed by atoms with E-state index in [9.17, 15) is 9.59 Å². The first-order chi connectivity index (χ1) is 20.8. The Morgan fingerprint density at radius 2 is 1.82 bits per heavy atom. The normalized spacial score (nSPS) is 12.0. The summed E-state index contributed by atoms with van der Waals surface area (Å²) in [5, 5.41) is 9.46. The first kappa shape index (κ1) is 30.1. The fourth-order valence-corrected chi connectivity index (χ4v) is 4.72. The molecule has 11 heteroatoms. The minimum absolute atomic E-state index is 0. The number of nitrogens with zero attached hydrogens (tertiary/aromatic N) is 7. The maximum absolute atomic E-state index is 13.3. The highest BCUT2D eigenvalue weighted by Gasteiger charge is 2.27. The van der Waals surface area contributed by atoms with Gasteiger partial charge >= 0.3 is 6.09 Å². The maximum atomic E-state index is 13.3. The highest BCUT2D eigenvalue weighted by Crippen LogP contribution is 2.29. The Morgan fingerprint density at radius 1 is 1.05 bits per heavy atom. The fourth-order valence-electron chi connectivity index (χ4n) is 4.72. The number of nitrogens with one attached hydrogen (secondary N) is 1. The molecule has 5 rings (SSSR count). The molecule has 5 aromatic rings. The molecule has 0 fully saturated rings. The maximum Gasteiger partial charge on any atom is 0.410 e. The average Bonchev–Trinajstić information content (AvgIpc) is 3.27. The monoisotopic (exact) mass is 592 g/mol.